The Balaban J connectivity index is 1.94. The lowest BCUT2D eigenvalue weighted by Crippen LogP contribution is -2.08. The van der Waals surface area contributed by atoms with Crippen LogP contribution in [0.1, 0.15) is 17.2 Å². The van der Waals surface area contributed by atoms with Gasteiger partial charge in [-0.1, -0.05) is 30.3 Å². The average Bonchev–Trinajstić information content (AvgIpc) is 2.83. The van der Waals surface area contributed by atoms with Gasteiger partial charge in [-0.15, -0.1) is 0 Å². The van der Waals surface area contributed by atoms with Gasteiger partial charge in [0.2, 0.25) is 0 Å². The Hall–Kier alpha value is -2.20. The van der Waals surface area contributed by atoms with Crippen LogP contribution in [-0.4, -0.2) is 21.5 Å². The SMILES string of the molecule is Cn1nc(CC(CO)c2ccc(F)cc2)c2ccccc21. The number of para-hydroxylation sites is 1. The molecule has 108 valence electrons. The molecular formula is C17H17FN2O. The number of aliphatic hydroxyl groups is 1. The van der Waals surface area contributed by atoms with Crippen molar-refractivity contribution in [2.24, 2.45) is 7.05 Å². The molecule has 4 heteroatoms. The van der Waals surface area contributed by atoms with Crippen LogP contribution >= 0.6 is 0 Å². The molecule has 0 bridgehead atoms. The van der Waals surface area contributed by atoms with Gasteiger partial charge in [-0.2, -0.15) is 5.10 Å². The van der Waals surface area contributed by atoms with E-state index >= 15 is 0 Å². The monoisotopic (exact) mass is 284 g/mol. The lowest BCUT2D eigenvalue weighted by molar-refractivity contribution is 0.264. The molecule has 0 saturated carbocycles. The van der Waals surface area contributed by atoms with Gasteiger partial charge in [-0.3, -0.25) is 4.68 Å². The third-order valence-electron chi connectivity index (χ3n) is 3.84. The Labute approximate surface area is 122 Å². The van der Waals surface area contributed by atoms with Crippen LogP contribution < -0.4 is 0 Å². The maximum Gasteiger partial charge on any atom is 0.123 e. The summed E-state index contributed by atoms with van der Waals surface area (Å²) in [5.41, 5.74) is 2.95. The van der Waals surface area contributed by atoms with Gasteiger partial charge in [-0.25, -0.2) is 4.39 Å². The molecule has 1 aromatic heterocycles. The van der Waals surface area contributed by atoms with Crippen LogP contribution in [0.4, 0.5) is 4.39 Å². The topological polar surface area (TPSA) is 38.0 Å². The summed E-state index contributed by atoms with van der Waals surface area (Å²) in [6.45, 7) is 0.0104. The standard InChI is InChI=1S/C17H17FN2O/c1-20-17-5-3-2-4-15(17)16(19-20)10-13(11-21)12-6-8-14(18)9-7-12/h2-9,13,21H,10-11H2,1H3. The highest BCUT2D eigenvalue weighted by molar-refractivity contribution is 5.81. The van der Waals surface area contributed by atoms with Gasteiger partial charge in [0.15, 0.2) is 0 Å². The number of aromatic nitrogens is 2. The summed E-state index contributed by atoms with van der Waals surface area (Å²) < 4.78 is 14.9. The van der Waals surface area contributed by atoms with Gasteiger partial charge in [0, 0.05) is 24.8 Å². The van der Waals surface area contributed by atoms with E-state index in [0.717, 1.165) is 22.2 Å². The van der Waals surface area contributed by atoms with Gasteiger partial charge < -0.3 is 5.11 Å². The summed E-state index contributed by atoms with van der Waals surface area (Å²) in [5, 5.41) is 15.3. The Morgan fingerprint density at radius 3 is 2.57 bits per heavy atom. The Kier molecular flexibility index (Phi) is 3.71. The van der Waals surface area contributed by atoms with Crippen molar-refractivity contribution in [2.75, 3.05) is 6.61 Å². The number of hydrogen-bond acceptors (Lipinski definition) is 2. The van der Waals surface area contributed by atoms with E-state index in [1.807, 2.05) is 36.0 Å². The Morgan fingerprint density at radius 2 is 1.86 bits per heavy atom. The summed E-state index contributed by atoms with van der Waals surface area (Å²) in [6.07, 6.45) is 0.628. The predicted octanol–water partition coefficient (Wildman–Crippen LogP) is 3.03. The van der Waals surface area contributed by atoms with Crippen LogP contribution in [0.2, 0.25) is 0 Å². The third kappa shape index (κ3) is 2.67. The van der Waals surface area contributed by atoms with E-state index in [0.29, 0.717) is 6.42 Å². The van der Waals surface area contributed by atoms with Crippen LogP contribution in [0.15, 0.2) is 48.5 Å². The summed E-state index contributed by atoms with van der Waals surface area (Å²) in [6, 6.07) is 14.3. The van der Waals surface area contributed by atoms with E-state index in [9.17, 15) is 9.50 Å². The molecule has 3 rings (SSSR count). The second-order valence-electron chi connectivity index (χ2n) is 5.22. The van der Waals surface area contributed by atoms with Crippen molar-refractivity contribution in [3.8, 4) is 0 Å². The second kappa shape index (κ2) is 5.66. The van der Waals surface area contributed by atoms with Gasteiger partial charge in [0.25, 0.3) is 0 Å². The molecule has 1 atom stereocenters. The van der Waals surface area contributed by atoms with Crippen LogP contribution in [0.25, 0.3) is 10.9 Å². The van der Waals surface area contributed by atoms with Crippen LogP contribution in [0, 0.1) is 5.82 Å². The number of rotatable bonds is 4. The number of benzene rings is 2. The molecule has 1 unspecified atom stereocenters. The summed E-state index contributed by atoms with van der Waals surface area (Å²) in [4.78, 5) is 0. The summed E-state index contributed by atoms with van der Waals surface area (Å²) in [7, 11) is 1.91. The first-order chi connectivity index (χ1) is 10.2. The second-order valence-corrected chi connectivity index (χ2v) is 5.22. The molecule has 21 heavy (non-hydrogen) atoms. The van der Waals surface area contributed by atoms with E-state index in [2.05, 4.69) is 5.10 Å². The average molecular weight is 284 g/mol. The molecule has 1 heterocycles. The van der Waals surface area contributed by atoms with Crippen LogP contribution in [0.5, 0.6) is 0 Å². The highest BCUT2D eigenvalue weighted by Gasteiger charge is 2.16. The van der Waals surface area contributed by atoms with E-state index in [-0.39, 0.29) is 18.3 Å². The minimum absolute atomic E-state index is 0.0104. The Bertz CT molecular complexity index is 749. The lowest BCUT2D eigenvalue weighted by atomic mass is 9.94. The van der Waals surface area contributed by atoms with Crippen molar-refractivity contribution in [3.63, 3.8) is 0 Å². The molecule has 0 fully saturated rings. The van der Waals surface area contributed by atoms with Gasteiger partial charge >= 0.3 is 0 Å². The molecule has 2 aromatic carbocycles. The van der Waals surface area contributed by atoms with E-state index in [4.69, 9.17) is 0 Å². The smallest absolute Gasteiger partial charge is 0.123 e. The first-order valence-corrected chi connectivity index (χ1v) is 6.96. The number of fused-ring (bicyclic) bond motifs is 1. The fourth-order valence-corrected chi connectivity index (χ4v) is 2.70. The van der Waals surface area contributed by atoms with E-state index < -0.39 is 0 Å². The molecule has 0 saturated heterocycles. The number of hydrogen-bond donors (Lipinski definition) is 1. The minimum Gasteiger partial charge on any atom is -0.396 e. The van der Waals surface area contributed by atoms with Gasteiger partial charge in [0.05, 0.1) is 17.8 Å². The van der Waals surface area contributed by atoms with Crippen molar-refractivity contribution in [3.05, 3.63) is 65.6 Å². The largest absolute Gasteiger partial charge is 0.396 e. The molecule has 1 N–H and O–H groups in total. The lowest BCUT2D eigenvalue weighted by Gasteiger charge is -2.13. The first kappa shape index (κ1) is 13.8. The first-order valence-electron chi connectivity index (χ1n) is 6.96. The molecule has 0 spiro atoms. The molecule has 0 amide bonds. The zero-order valence-electron chi connectivity index (χ0n) is 11.8. The van der Waals surface area contributed by atoms with Gasteiger partial charge in [0.1, 0.15) is 5.82 Å². The maximum atomic E-state index is 13.0. The summed E-state index contributed by atoms with van der Waals surface area (Å²) in [5.74, 6) is -0.345. The van der Waals surface area contributed by atoms with Crippen molar-refractivity contribution in [1.29, 1.82) is 0 Å². The molecule has 0 aliphatic carbocycles. The predicted molar refractivity (Wildman–Crippen MR) is 80.6 cm³/mol. The number of aryl methyl sites for hydroxylation is 1. The van der Waals surface area contributed by atoms with Crippen molar-refractivity contribution in [2.45, 2.75) is 12.3 Å². The van der Waals surface area contributed by atoms with Crippen molar-refractivity contribution >= 4 is 10.9 Å². The normalized spacial score (nSPS) is 12.7. The van der Waals surface area contributed by atoms with E-state index in [1.165, 1.54) is 12.1 Å². The van der Waals surface area contributed by atoms with Crippen LogP contribution in [-0.2, 0) is 13.5 Å². The molecule has 3 aromatic rings. The highest BCUT2D eigenvalue weighted by Crippen LogP contribution is 2.25. The van der Waals surface area contributed by atoms with Crippen LogP contribution in [0.3, 0.4) is 0 Å². The summed E-state index contributed by atoms with van der Waals surface area (Å²) >= 11 is 0. The highest BCUT2D eigenvalue weighted by atomic mass is 19.1. The number of aliphatic hydroxyl groups excluding tert-OH is 1. The molecule has 0 aliphatic rings. The van der Waals surface area contributed by atoms with E-state index in [1.54, 1.807) is 12.1 Å². The van der Waals surface area contributed by atoms with Crippen molar-refractivity contribution in [1.82, 2.24) is 9.78 Å². The third-order valence-corrected chi connectivity index (χ3v) is 3.84. The fraction of sp³-hybridized carbons (Fsp3) is 0.235. The van der Waals surface area contributed by atoms with Gasteiger partial charge in [-0.05, 0) is 23.8 Å². The zero-order valence-corrected chi connectivity index (χ0v) is 11.8. The molecule has 0 aliphatic heterocycles. The zero-order chi connectivity index (χ0) is 14.8. The number of nitrogens with zero attached hydrogens (tertiary/aromatic N) is 2. The number of halogens is 1. The molecule has 0 radical (unpaired) electrons. The quantitative estimate of drug-likeness (QED) is 0.799. The minimum atomic E-state index is -0.265. The Morgan fingerprint density at radius 1 is 1.14 bits per heavy atom. The molecular weight excluding hydrogens is 267 g/mol. The molecule has 3 nitrogen and oxygen atoms in total. The van der Waals surface area contributed by atoms with Crippen molar-refractivity contribution < 1.29 is 9.50 Å². The fourth-order valence-electron chi connectivity index (χ4n) is 2.70. The maximum absolute atomic E-state index is 13.0.